The summed E-state index contributed by atoms with van der Waals surface area (Å²) in [6.45, 7) is 0.437. The first-order valence-corrected chi connectivity index (χ1v) is 10.3. The van der Waals surface area contributed by atoms with E-state index in [1.165, 1.54) is 49.9 Å². The number of hydrogen-bond donors (Lipinski definition) is 3. The van der Waals surface area contributed by atoms with Gasteiger partial charge in [0.15, 0.2) is 0 Å². The minimum absolute atomic E-state index is 0. The average Bonchev–Trinajstić information content (AvgIpc) is 3.18. The summed E-state index contributed by atoms with van der Waals surface area (Å²) >= 11 is 0. The van der Waals surface area contributed by atoms with E-state index in [-0.39, 0.29) is 36.1 Å². The maximum atomic E-state index is 13.0. The zero-order valence-corrected chi connectivity index (χ0v) is 17.5. The molecule has 1 aliphatic heterocycles. The highest BCUT2D eigenvalue weighted by atomic mass is 35.5. The second-order valence-corrected chi connectivity index (χ2v) is 7.98. The third-order valence-corrected chi connectivity index (χ3v) is 5.96. The first-order valence-electron chi connectivity index (χ1n) is 10.3. The molecule has 0 aromatic heterocycles. The fourth-order valence-corrected chi connectivity index (χ4v) is 4.34. The van der Waals surface area contributed by atoms with E-state index in [4.69, 9.17) is 0 Å². The molecule has 0 bridgehead atoms. The number of amides is 2. The molecule has 1 saturated heterocycles. The third-order valence-electron chi connectivity index (χ3n) is 5.96. The van der Waals surface area contributed by atoms with Crippen LogP contribution in [0.4, 0.5) is 10.1 Å². The van der Waals surface area contributed by atoms with Gasteiger partial charge in [-0.1, -0.05) is 25.0 Å². The van der Waals surface area contributed by atoms with Crippen LogP contribution in [0.15, 0.2) is 48.5 Å². The summed E-state index contributed by atoms with van der Waals surface area (Å²) in [7, 11) is 0. The quantitative estimate of drug-likeness (QED) is 0.669. The molecule has 7 heteroatoms. The highest BCUT2D eigenvalue weighted by molar-refractivity contribution is 6.04. The third kappa shape index (κ3) is 5.37. The van der Waals surface area contributed by atoms with Crippen molar-refractivity contribution in [3.05, 3.63) is 65.5 Å². The van der Waals surface area contributed by atoms with E-state index in [1.807, 2.05) is 12.1 Å². The molecular formula is C23H27ClFN3O2. The molecule has 1 aliphatic carbocycles. The summed E-state index contributed by atoms with van der Waals surface area (Å²) in [5, 5.41) is 9.23. The van der Waals surface area contributed by atoms with Crippen molar-refractivity contribution in [1.29, 1.82) is 0 Å². The maximum absolute atomic E-state index is 13.0. The predicted molar refractivity (Wildman–Crippen MR) is 117 cm³/mol. The van der Waals surface area contributed by atoms with E-state index in [2.05, 4.69) is 16.0 Å². The smallest absolute Gasteiger partial charge is 0.255 e. The van der Waals surface area contributed by atoms with Gasteiger partial charge in [0.2, 0.25) is 5.91 Å². The molecule has 1 heterocycles. The first kappa shape index (κ1) is 22.2. The number of carbonyl (C=O) groups excluding carboxylic acids is 2. The molecule has 3 unspecified atom stereocenters. The molecule has 30 heavy (non-hydrogen) atoms. The lowest BCUT2D eigenvalue weighted by Crippen LogP contribution is -2.42. The number of hydrogen-bond acceptors (Lipinski definition) is 3. The molecule has 2 amide bonds. The van der Waals surface area contributed by atoms with Crippen LogP contribution < -0.4 is 16.0 Å². The number of fused-ring (bicyclic) bond motifs is 1. The average molecular weight is 432 g/mol. The van der Waals surface area contributed by atoms with Gasteiger partial charge in [0.1, 0.15) is 5.82 Å². The molecule has 0 radical (unpaired) electrons. The summed E-state index contributed by atoms with van der Waals surface area (Å²) in [5.74, 6) is 0.0850. The van der Waals surface area contributed by atoms with Crippen LogP contribution in [0, 0.1) is 11.7 Å². The minimum Gasteiger partial charge on any atom is -0.351 e. The Morgan fingerprint density at radius 1 is 1.00 bits per heavy atom. The van der Waals surface area contributed by atoms with Crippen molar-refractivity contribution in [3.63, 3.8) is 0 Å². The van der Waals surface area contributed by atoms with Crippen molar-refractivity contribution < 1.29 is 14.0 Å². The van der Waals surface area contributed by atoms with Gasteiger partial charge >= 0.3 is 0 Å². The van der Waals surface area contributed by atoms with Gasteiger partial charge < -0.3 is 16.0 Å². The summed E-state index contributed by atoms with van der Waals surface area (Å²) in [6.07, 6.45) is 5.86. The fraction of sp³-hybridized carbons (Fsp3) is 0.391. The van der Waals surface area contributed by atoms with E-state index in [1.54, 1.807) is 12.1 Å². The van der Waals surface area contributed by atoms with Gasteiger partial charge in [-0.2, -0.15) is 0 Å². The van der Waals surface area contributed by atoms with Gasteiger partial charge in [-0.15, -0.1) is 12.4 Å². The summed E-state index contributed by atoms with van der Waals surface area (Å²) in [5.41, 5.74) is 1.98. The Morgan fingerprint density at radius 2 is 1.70 bits per heavy atom. The van der Waals surface area contributed by atoms with Crippen LogP contribution in [0.25, 0.3) is 0 Å². The Labute approximate surface area is 182 Å². The molecular weight excluding hydrogens is 405 g/mol. The van der Waals surface area contributed by atoms with E-state index < -0.39 is 0 Å². The SMILES string of the molecule is Cl.O=C(Nc1ccc(F)cc1)c1ccc(CNC(=O)C2CC3CCCCC3N2)cc1. The van der Waals surface area contributed by atoms with Crippen LogP contribution in [0.3, 0.4) is 0 Å². The van der Waals surface area contributed by atoms with Crippen LogP contribution in [0.1, 0.15) is 48.0 Å². The Kier molecular flexibility index (Phi) is 7.45. The lowest BCUT2D eigenvalue weighted by atomic mass is 9.85. The van der Waals surface area contributed by atoms with E-state index in [0.717, 1.165) is 12.0 Å². The fourth-order valence-electron chi connectivity index (χ4n) is 4.34. The summed E-state index contributed by atoms with van der Waals surface area (Å²) in [4.78, 5) is 24.8. The number of anilines is 1. The Bertz CT molecular complexity index is 859. The van der Waals surface area contributed by atoms with E-state index >= 15 is 0 Å². The Balaban J connectivity index is 0.00000256. The van der Waals surface area contributed by atoms with Crippen LogP contribution in [-0.2, 0) is 11.3 Å². The standard InChI is InChI=1S/C23H26FN3O2.ClH/c24-18-9-11-19(12-10-18)26-22(28)16-7-5-15(6-8-16)14-25-23(29)21-13-17-3-1-2-4-20(17)27-21;/h5-12,17,20-21,27H,1-4,13-14H2,(H,25,29)(H,26,28);1H. The lowest BCUT2D eigenvalue weighted by molar-refractivity contribution is -0.123. The molecule has 3 N–H and O–H groups in total. The molecule has 2 fully saturated rings. The zero-order chi connectivity index (χ0) is 20.2. The Morgan fingerprint density at radius 3 is 2.40 bits per heavy atom. The van der Waals surface area contributed by atoms with Crippen molar-refractivity contribution in [2.45, 2.75) is 50.7 Å². The van der Waals surface area contributed by atoms with Crippen molar-refractivity contribution >= 4 is 29.9 Å². The van der Waals surface area contributed by atoms with Crippen molar-refractivity contribution in [1.82, 2.24) is 10.6 Å². The molecule has 3 atom stereocenters. The van der Waals surface area contributed by atoms with Crippen molar-refractivity contribution in [3.8, 4) is 0 Å². The van der Waals surface area contributed by atoms with Gasteiger partial charge in [0, 0.05) is 23.8 Å². The monoisotopic (exact) mass is 431 g/mol. The van der Waals surface area contributed by atoms with Crippen LogP contribution >= 0.6 is 12.4 Å². The second kappa shape index (κ2) is 10.0. The van der Waals surface area contributed by atoms with Gasteiger partial charge in [-0.25, -0.2) is 4.39 Å². The van der Waals surface area contributed by atoms with Gasteiger partial charge in [-0.05, 0) is 67.1 Å². The van der Waals surface area contributed by atoms with Crippen molar-refractivity contribution in [2.24, 2.45) is 5.92 Å². The van der Waals surface area contributed by atoms with Crippen LogP contribution in [-0.4, -0.2) is 23.9 Å². The largest absolute Gasteiger partial charge is 0.351 e. The van der Waals surface area contributed by atoms with Gasteiger partial charge in [0.25, 0.3) is 5.91 Å². The topological polar surface area (TPSA) is 70.2 Å². The molecule has 1 saturated carbocycles. The Hall–Kier alpha value is -2.44. The van der Waals surface area contributed by atoms with Gasteiger partial charge in [-0.3, -0.25) is 9.59 Å². The summed E-state index contributed by atoms with van der Waals surface area (Å²) < 4.78 is 13.0. The summed E-state index contributed by atoms with van der Waals surface area (Å²) in [6, 6.07) is 13.2. The molecule has 2 aromatic carbocycles. The minimum atomic E-state index is -0.346. The molecule has 2 aliphatic rings. The number of benzene rings is 2. The normalized spacial score (nSPS) is 22.5. The molecule has 2 aromatic rings. The van der Waals surface area contributed by atoms with E-state index in [0.29, 0.717) is 29.8 Å². The number of halogens is 2. The van der Waals surface area contributed by atoms with E-state index in [9.17, 15) is 14.0 Å². The van der Waals surface area contributed by atoms with Crippen LogP contribution in [0.2, 0.25) is 0 Å². The maximum Gasteiger partial charge on any atom is 0.255 e. The zero-order valence-electron chi connectivity index (χ0n) is 16.7. The molecule has 0 spiro atoms. The van der Waals surface area contributed by atoms with Crippen molar-refractivity contribution in [2.75, 3.05) is 5.32 Å². The predicted octanol–water partition coefficient (Wildman–Crippen LogP) is 4.04. The molecule has 160 valence electrons. The second-order valence-electron chi connectivity index (χ2n) is 7.98. The first-order chi connectivity index (χ1) is 14.1. The highest BCUT2D eigenvalue weighted by Gasteiger charge is 2.37. The highest BCUT2D eigenvalue weighted by Crippen LogP contribution is 2.33. The van der Waals surface area contributed by atoms with Gasteiger partial charge in [0.05, 0.1) is 6.04 Å². The lowest BCUT2D eigenvalue weighted by Gasteiger charge is -2.24. The molecule has 4 rings (SSSR count). The van der Waals surface area contributed by atoms with Crippen LogP contribution in [0.5, 0.6) is 0 Å². The number of nitrogens with one attached hydrogen (secondary N) is 3. The number of rotatable bonds is 5. The number of carbonyl (C=O) groups is 2. The molecule has 5 nitrogen and oxygen atoms in total.